The maximum atomic E-state index is 13.8. The second kappa shape index (κ2) is 11.6. The van der Waals surface area contributed by atoms with E-state index < -0.39 is 17.9 Å². The summed E-state index contributed by atoms with van der Waals surface area (Å²) in [5.41, 5.74) is 3.82. The Morgan fingerprint density at radius 3 is 2.23 bits per heavy atom. The van der Waals surface area contributed by atoms with Gasteiger partial charge in [0.1, 0.15) is 0 Å². The van der Waals surface area contributed by atoms with Crippen LogP contribution in [0.1, 0.15) is 56.6 Å². The number of hydrogen-bond acceptors (Lipinski definition) is 9. The summed E-state index contributed by atoms with van der Waals surface area (Å²) < 4.78 is 27.0. The van der Waals surface area contributed by atoms with Crippen molar-refractivity contribution < 1.29 is 38.1 Å². The molecule has 0 saturated carbocycles. The van der Waals surface area contributed by atoms with Crippen LogP contribution < -0.4 is 24.3 Å². The first-order valence-electron chi connectivity index (χ1n) is 12.7. The van der Waals surface area contributed by atoms with E-state index in [0.717, 1.165) is 11.3 Å². The minimum Gasteiger partial charge on any atom is -0.493 e. The number of rotatable bonds is 8. The lowest BCUT2D eigenvalue weighted by Crippen LogP contribution is -2.36. The van der Waals surface area contributed by atoms with Crippen LogP contribution in [0.4, 0.5) is 0 Å². The molecule has 1 heterocycles. The molecule has 2 atom stereocenters. The summed E-state index contributed by atoms with van der Waals surface area (Å²) in [5.74, 6) is -0.0532. The van der Waals surface area contributed by atoms with Gasteiger partial charge in [-0.1, -0.05) is 12.1 Å². The van der Waals surface area contributed by atoms with E-state index in [4.69, 9.17) is 23.7 Å². The maximum absolute atomic E-state index is 13.8. The Morgan fingerprint density at radius 1 is 0.923 bits per heavy atom. The van der Waals surface area contributed by atoms with Gasteiger partial charge in [-0.15, -0.1) is 0 Å². The monoisotopic (exact) mass is 535 g/mol. The molecule has 0 spiro atoms. The lowest BCUT2D eigenvalue weighted by Gasteiger charge is -2.36. The Kier molecular flexibility index (Phi) is 8.28. The SMILES string of the molecule is CCOc1cc([C@@H]2C(C(=O)OC)=C(C)NC3=C2C(=O)C[C@H](c2ccc(OC)c(OC)c2)C3)ccc1OC(C)=O. The van der Waals surface area contributed by atoms with Crippen molar-refractivity contribution in [2.24, 2.45) is 0 Å². The molecule has 1 aliphatic heterocycles. The Balaban J connectivity index is 1.81. The summed E-state index contributed by atoms with van der Waals surface area (Å²) in [6, 6.07) is 10.7. The summed E-state index contributed by atoms with van der Waals surface area (Å²) in [6.07, 6.45) is 0.812. The fourth-order valence-electron chi connectivity index (χ4n) is 5.31. The van der Waals surface area contributed by atoms with Crippen LogP contribution in [0.25, 0.3) is 0 Å². The highest BCUT2D eigenvalue weighted by Crippen LogP contribution is 2.47. The quantitative estimate of drug-likeness (QED) is 0.384. The van der Waals surface area contributed by atoms with Gasteiger partial charge in [0.25, 0.3) is 0 Å². The van der Waals surface area contributed by atoms with Crippen LogP contribution in [-0.4, -0.2) is 45.7 Å². The first kappa shape index (κ1) is 27.8. The van der Waals surface area contributed by atoms with Crippen LogP contribution in [0.15, 0.2) is 58.9 Å². The maximum Gasteiger partial charge on any atom is 0.336 e. The topological polar surface area (TPSA) is 109 Å². The minimum absolute atomic E-state index is 0.0792. The normalized spacial score (nSPS) is 18.7. The van der Waals surface area contributed by atoms with Crippen molar-refractivity contribution in [3.63, 3.8) is 0 Å². The molecule has 4 rings (SSSR count). The third-order valence-electron chi connectivity index (χ3n) is 6.97. The third kappa shape index (κ3) is 5.48. The lowest BCUT2D eigenvalue weighted by molar-refractivity contribution is -0.136. The van der Waals surface area contributed by atoms with Gasteiger partial charge in [-0.2, -0.15) is 0 Å². The first-order valence-corrected chi connectivity index (χ1v) is 12.7. The number of nitrogens with one attached hydrogen (secondary N) is 1. The number of methoxy groups -OCH3 is 3. The summed E-state index contributed by atoms with van der Waals surface area (Å²) in [5, 5.41) is 3.32. The van der Waals surface area contributed by atoms with Gasteiger partial charge in [0.2, 0.25) is 0 Å². The molecular weight excluding hydrogens is 502 g/mol. The standard InChI is InChI=1S/C30H33NO8/c1-7-38-26-15-19(9-11-24(26)39-17(3)32)28-27(30(34)37-6)16(2)31-21-12-20(13-22(33)29(21)28)18-8-10-23(35-4)25(14-18)36-5/h8-11,14-15,20,28,31H,7,12-13H2,1-6H3/t20-,28-/m1/s1. The van der Waals surface area contributed by atoms with E-state index in [1.165, 1.54) is 14.0 Å². The highest BCUT2D eigenvalue weighted by atomic mass is 16.6. The molecule has 1 N–H and O–H groups in total. The second-order valence-corrected chi connectivity index (χ2v) is 9.36. The van der Waals surface area contributed by atoms with Gasteiger partial charge < -0.3 is 29.0 Å². The van der Waals surface area contributed by atoms with Crippen LogP contribution in [0.5, 0.6) is 23.0 Å². The van der Waals surface area contributed by atoms with Gasteiger partial charge in [0.15, 0.2) is 28.8 Å². The average molecular weight is 536 g/mol. The smallest absolute Gasteiger partial charge is 0.336 e. The van der Waals surface area contributed by atoms with Gasteiger partial charge in [0, 0.05) is 36.2 Å². The van der Waals surface area contributed by atoms with Crippen molar-refractivity contribution in [1.82, 2.24) is 5.32 Å². The molecule has 0 bridgehead atoms. The van der Waals surface area contributed by atoms with Gasteiger partial charge in [-0.3, -0.25) is 9.59 Å². The number of dihydropyridines is 1. The van der Waals surface area contributed by atoms with Crippen LogP contribution in [-0.2, 0) is 19.1 Å². The molecule has 2 aromatic carbocycles. The molecule has 0 fully saturated rings. The molecule has 0 aromatic heterocycles. The zero-order valence-corrected chi connectivity index (χ0v) is 23.0. The highest BCUT2D eigenvalue weighted by molar-refractivity contribution is 6.04. The number of ether oxygens (including phenoxy) is 5. The molecule has 9 nitrogen and oxygen atoms in total. The molecule has 0 saturated heterocycles. The van der Waals surface area contributed by atoms with E-state index in [9.17, 15) is 14.4 Å². The molecule has 0 unspecified atom stereocenters. The summed E-state index contributed by atoms with van der Waals surface area (Å²) in [7, 11) is 4.47. The number of carbonyl (C=O) groups excluding carboxylic acids is 3. The Hall–Kier alpha value is -4.27. The van der Waals surface area contributed by atoms with E-state index in [1.807, 2.05) is 25.1 Å². The molecule has 39 heavy (non-hydrogen) atoms. The fourth-order valence-corrected chi connectivity index (χ4v) is 5.31. The van der Waals surface area contributed by atoms with Gasteiger partial charge in [-0.05, 0) is 61.6 Å². The number of benzene rings is 2. The van der Waals surface area contributed by atoms with Crippen molar-refractivity contribution in [2.75, 3.05) is 27.9 Å². The zero-order valence-electron chi connectivity index (χ0n) is 23.0. The molecule has 0 radical (unpaired) electrons. The summed E-state index contributed by atoms with van der Waals surface area (Å²) >= 11 is 0. The summed E-state index contributed by atoms with van der Waals surface area (Å²) in [6.45, 7) is 5.26. The number of allylic oxidation sites excluding steroid dienone is 3. The largest absolute Gasteiger partial charge is 0.493 e. The van der Waals surface area contributed by atoms with Gasteiger partial charge in [0.05, 0.1) is 33.5 Å². The number of hydrogen-bond donors (Lipinski definition) is 1. The van der Waals surface area contributed by atoms with Crippen molar-refractivity contribution in [1.29, 1.82) is 0 Å². The van der Waals surface area contributed by atoms with Crippen LogP contribution in [0.2, 0.25) is 0 Å². The van der Waals surface area contributed by atoms with Gasteiger partial charge >= 0.3 is 11.9 Å². The van der Waals surface area contributed by atoms with E-state index in [-0.39, 0.29) is 23.9 Å². The van der Waals surface area contributed by atoms with Crippen LogP contribution in [0.3, 0.4) is 0 Å². The minimum atomic E-state index is -0.682. The number of esters is 2. The van der Waals surface area contributed by atoms with Crippen LogP contribution >= 0.6 is 0 Å². The molecule has 206 valence electrons. The number of carbonyl (C=O) groups is 3. The highest BCUT2D eigenvalue weighted by Gasteiger charge is 2.41. The van der Waals surface area contributed by atoms with E-state index in [1.54, 1.807) is 39.3 Å². The van der Waals surface area contributed by atoms with Crippen molar-refractivity contribution >= 4 is 17.7 Å². The average Bonchev–Trinajstić information content (AvgIpc) is 2.92. The van der Waals surface area contributed by atoms with E-state index in [0.29, 0.717) is 52.7 Å². The lowest BCUT2D eigenvalue weighted by atomic mass is 9.71. The van der Waals surface area contributed by atoms with Gasteiger partial charge in [-0.25, -0.2) is 4.79 Å². The molecule has 9 heteroatoms. The van der Waals surface area contributed by atoms with E-state index in [2.05, 4.69) is 5.32 Å². The van der Waals surface area contributed by atoms with Crippen molar-refractivity contribution in [3.8, 4) is 23.0 Å². The molecule has 1 aliphatic carbocycles. The third-order valence-corrected chi connectivity index (χ3v) is 6.97. The Morgan fingerprint density at radius 2 is 1.59 bits per heavy atom. The van der Waals surface area contributed by atoms with Crippen LogP contribution in [0, 0.1) is 0 Å². The number of Topliss-reactive ketones (excluding diaryl/α,β-unsaturated/α-hetero) is 1. The predicted octanol–water partition coefficient (Wildman–Crippen LogP) is 4.56. The Labute approximate surface area is 227 Å². The zero-order chi connectivity index (χ0) is 28.3. The molecule has 2 aliphatic rings. The fraction of sp³-hybridized carbons (Fsp3) is 0.367. The first-order chi connectivity index (χ1) is 18.7. The van der Waals surface area contributed by atoms with Crippen molar-refractivity contribution in [2.45, 2.75) is 45.4 Å². The number of ketones is 1. The molecular formula is C30H33NO8. The second-order valence-electron chi connectivity index (χ2n) is 9.36. The molecule has 0 amide bonds. The molecule has 2 aromatic rings. The summed E-state index contributed by atoms with van der Waals surface area (Å²) in [4.78, 5) is 38.4. The predicted molar refractivity (Wildman–Crippen MR) is 143 cm³/mol. The van der Waals surface area contributed by atoms with E-state index >= 15 is 0 Å². The Bertz CT molecular complexity index is 1370. The van der Waals surface area contributed by atoms with Crippen molar-refractivity contribution in [3.05, 3.63) is 70.1 Å².